The van der Waals surface area contributed by atoms with Crippen LogP contribution in [0.25, 0.3) is 0 Å². The van der Waals surface area contributed by atoms with Gasteiger partial charge in [0.15, 0.2) is 0 Å². The molecule has 0 bridgehead atoms. The second-order valence-electron chi connectivity index (χ2n) is 6.95. The van der Waals surface area contributed by atoms with Crippen molar-refractivity contribution in [2.45, 2.75) is 95.2 Å². The maximum atomic E-state index is 10.4. The molecule has 0 aromatic rings. The van der Waals surface area contributed by atoms with E-state index in [1.807, 2.05) is 12.2 Å². The number of unbranched alkanes of at least 4 members (excludes halogenated alkanes) is 3. The van der Waals surface area contributed by atoms with Gasteiger partial charge < -0.3 is 25.2 Å². The summed E-state index contributed by atoms with van der Waals surface area (Å²) in [6, 6.07) is 0. The van der Waals surface area contributed by atoms with Crippen molar-refractivity contribution in [3.05, 3.63) is 24.3 Å². The summed E-state index contributed by atoms with van der Waals surface area (Å²) in [6.07, 6.45) is 10.2. The molecule has 0 spiro atoms. The van der Waals surface area contributed by atoms with E-state index >= 15 is 0 Å². The third kappa shape index (κ3) is 9.48. The highest BCUT2D eigenvalue weighted by atomic mass is 16.5. The van der Waals surface area contributed by atoms with Crippen LogP contribution in [0.4, 0.5) is 0 Å². The molecule has 1 heterocycles. The number of carbonyl (C=O) groups is 1. The van der Waals surface area contributed by atoms with E-state index in [4.69, 9.17) is 9.84 Å². The van der Waals surface area contributed by atoms with Gasteiger partial charge in [0.1, 0.15) is 0 Å². The molecule has 150 valence electrons. The Hall–Kier alpha value is -1.21. The zero-order valence-electron chi connectivity index (χ0n) is 15.7. The first-order chi connectivity index (χ1) is 12.4. The van der Waals surface area contributed by atoms with E-state index in [9.17, 15) is 20.1 Å². The van der Waals surface area contributed by atoms with Crippen LogP contribution >= 0.6 is 0 Å². The molecule has 4 N–H and O–H groups in total. The highest BCUT2D eigenvalue weighted by molar-refractivity contribution is 5.66. The first kappa shape index (κ1) is 22.8. The van der Waals surface area contributed by atoms with Gasteiger partial charge in [-0.25, -0.2) is 0 Å². The lowest BCUT2D eigenvalue weighted by Gasteiger charge is -2.17. The number of hydrogen-bond donors (Lipinski definition) is 4. The molecule has 1 fully saturated rings. The Kier molecular flexibility index (Phi) is 11.4. The van der Waals surface area contributed by atoms with Gasteiger partial charge in [0, 0.05) is 12.8 Å². The van der Waals surface area contributed by atoms with Crippen LogP contribution < -0.4 is 0 Å². The van der Waals surface area contributed by atoms with Crippen LogP contribution in [-0.2, 0) is 9.53 Å². The summed E-state index contributed by atoms with van der Waals surface area (Å²) in [5, 5.41) is 38.7. The zero-order valence-corrected chi connectivity index (χ0v) is 15.7. The summed E-state index contributed by atoms with van der Waals surface area (Å²) >= 11 is 0. The van der Waals surface area contributed by atoms with E-state index in [1.165, 1.54) is 12.2 Å². The Morgan fingerprint density at radius 3 is 2.65 bits per heavy atom. The molecule has 0 saturated carbocycles. The van der Waals surface area contributed by atoms with E-state index in [2.05, 4.69) is 6.92 Å². The van der Waals surface area contributed by atoms with Crippen LogP contribution in [0.3, 0.4) is 0 Å². The number of carboxylic acids is 1. The number of aliphatic carboxylic acids is 1. The number of hydrogen-bond acceptors (Lipinski definition) is 5. The second kappa shape index (κ2) is 13.0. The van der Waals surface area contributed by atoms with Crippen molar-refractivity contribution in [3.63, 3.8) is 0 Å². The fraction of sp³-hybridized carbons (Fsp3) is 0.750. The minimum absolute atomic E-state index is 0.145. The van der Waals surface area contributed by atoms with Crippen molar-refractivity contribution in [1.29, 1.82) is 0 Å². The molecule has 6 heteroatoms. The van der Waals surface area contributed by atoms with Gasteiger partial charge in [-0.2, -0.15) is 0 Å². The standard InChI is InChI=1S/C20H34O6/c1-2-3-6-10-18-17(23)14-19(26-18)16(22)13-12-15(21)9-7-4-5-8-11-20(24)25/h4,7,12-13,15-19,21-23H,2-3,5-6,8-11,14H2,1H3,(H,24,25)/b7-4-,13-12-/t15-,16+,17-,18-,19+/m0/s1. The van der Waals surface area contributed by atoms with Crippen molar-refractivity contribution >= 4 is 5.97 Å². The van der Waals surface area contributed by atoms with E-state index in [-0.39, 0.29) is 12.5 Å². The Morgan fingerprint density at radius 1 is 1.19 bits per heavy atom. The smallest absolute Gasteiger partial charge is 0.303 e. The van der Waals surface area contributed by atoms with E-state index in [1.54, 1.807) is 0 Å². The van der Waals surface area contributed by atoms with Crippen molar-refractivity contribution < 1.29 is 30.0 Å². The lowest BCUT2D eigenvalue weighted by atomic mass is 10.0. The molecule has 1 rings (SSSR count). The minimum atomic E-state index is -0.852. The Bertz CT molecular complexity index is 448. The maximum Gasteiger partial charge on any atom is 0.303 e. The van der Waals surface area contributed by atoms with Crippen molar-refractivity contribution in [3.8, 4) is 0 Å². The first-order valence-electron chi connectivity index (χ1n) is 9.68. The summed E-state index contributed by atoms with van der Waals surface area (Å²) in [6.45, 7) is 2.12. The minimum Gasteiger partial charge on any atom is -0.481 e. The van der Waals surface area contributed by atoms with Crippen LogP contribution in [0.2, 0.25) is 0 Å². The number of aliphatic hydroxyl groups is 3. The van der Waals surface area contributed by atoms with Crippen molar-refractivity contribution in [1.82, 2.24) is 0 Å². The fourth-order valence-electron chi connectivity index (χ4n) is 3.01. The average Bonchev–Trinajstić information content (AvgIpc) is 2.97. The van der Waals surface area contributed by atoms with Crippen LogP contribution in [0.15, 0.2) is 24.3 Å². The molecular weight excluding hydrogens is 336 g/mol. The Balaban J connectivity index is 2.27. The number of allylic oxidation sites excluding steroid dienone is 1. The van der Waals surface area contributed by atoms with Crippen molar-refractivity contribution in [2.75, 3.05) is 0 Å². The SMILES string of the molecule is CCCCC[C@@H]1O[C@@H]([C@H](O)/C=C\[C@@H](O)C/C=C\CCCC(=O)O)C[C@@H]1O. The molecule has 0 aromatic heterocycles. The van der Waals surface area contributed by atoms with Gasteiger partial charge in [-0.15, -0.1) is 0 Å². The number of rotatable bonds is 13. The zero-order chi connectivity index (χ0) is 19.4. The molecule has 1 saturated heterocycles. The fourth-order valence-corrected chi connectivity index (χ4v) is 3.01. The molecule has 1 aliphatic rings. The molecule has 26 heavy (non-hydrogen) atoms. The molecule has 0 radical (unpaired) electrons. The molecular formula is C20H34O6. The quantitative estimate of drug-likeness (QED) is 0.293. The monoisotopic (exact) mass is 370 g/mol. The molecule has 0 unspecified atom stereocenters. The predicted octanol–water partition coefficient (Wildman–Crippen LogP) is 2.56. The normalized spacial score (nSPS) is 25.9. The largest absolute Gasteiger partial charge is 0.481 e. The molecule has 0 aromatic carbocycles. The number of carboxylic acid groups (broad SMARTS) is 1. The topological polar surface area (TPSA) is 107 Å². The van der Waals surface area contributed by atoms with Gasteiger partial charge in [-0.05, 0) is 25.7 Å². The number of aliphatic hydroxyl groups excluding tert-OH is 3. The summed E-state index contributed by atoms with van der Waals surface area (Å²) in [5.41, 5.74) is 0. The lowest BCUT2D eigenvalue weighted by Crippen LogP contribution is -2.25. The van der Waals surface area contributed by atoms with E-state index < -0.39 is 30.4 Å². The summed E-state index contributed by atoms with van der Waals surface area (Å²) in [7, 11) is 0. The van der Waals surface area contributed by atoms with Crippen LogP contribution in [0, 0.1) is 0 Å². The Labute approximate surface area is 156 Å². The highest BCUT2D eigenvalue weighted by Crippen LogP contribution is 2.27. The summed E-state index contributed by atoms with van der Waals surface area (Å²) in [4.78, 5) is 10.4. The van der Waals surface area contributed by atoms with Gasteiger partial charge in [-0.3, -0.25) is 4.79 Å². The van der Waals surface area contributed by atoms with Crippen molar-refractivity contribution in [2.24, 2.45) is 0 Å². The van der Waals surface area contributed by atoms with Gasteiger partial charge in [0.2, 0.25) is 0 Å². The van der Waals surface area contributed by atoms with Gasteiger partial charge in [0.05, 0.1) is 30.5 Å². The summed E-state index contributed by atoms with van der Waals surface area (Å²) in [5.74, 6) is -0.804. The molecule has 6 nitrogen and oxygen atoms in total. The highest BCUT2D eigenvalue weighted by Gasteiger charge is 2.36. The van der Waals surface area contributed by atoms with Crippen LogP contribution in [-0.4, -0.2) is 56.9 Å². The van der Waals surface area contributed by atoms with E-state index in [0.29, 0.717) is 25.7 Å². The molecule has 0 aliphatic carbocycles. The third-order valence-corrected chi connectivity index (χ3v) is 4.56. The lowest BCUT2D eigenvalue weighted by molar-refractivity contribution is -0.137. The third-order valence-electron chi connectivity index (χ3n) is 4.56. The Morgan fingerprint density at radius 2 is 1.96 bits per heavy atom. The second-order valence-corrected chi connectivity index (χ2v) is 6.95. The van der Waals surface area contributed by atoms with Crippen LogP contribution in [0.1, 0.15) is 64.7 Å². The van der Waals surface area contributed by atoms with Gasteiger partial charge in [-0.1, -0.05) is 50.5 Å². The van der Waals surface area contributed by atoms with Gasteiger partial charge in [0.25, 0.3) is 0 Å². The van der Waals surface area contributed by atoms with E-state index in [0.717, 1.165) is 25.7 Å². The van der Waals surface area contributed by atoms with Gasteiger partial charge >= 0.3 is 5.97 Å². The molecule has 1 aliphatic heterocycles. The van der Waals surface area contributed by atoms with Crippen LogP contribution in [0.5, 0.6) is 0 Å². The first-order valence-corrected chi connectivity index (χ1v) is 9.68. The maximum absolute atomic E-state index is 10.4. The average molecular weight is 370 g/mol. The number of ether oxygens (including phenoxy) is 1. The molecule has 5 atom stereocenters. The summed E-state index contributed by atoms with van der Waals surface area (Å²) < 4.78 is 5.76. The molecule has 0 amide bonds. The predicted molar refractivity (Wildman–Crippen MR) is 99.8 cm³/mol.